The van der Waals surface area contributed by atoms with Crippen molar-refractivity contribution in [2.24, 2.45) is 5.73 Å². The molecule has 16 heavy (non-hydrogen) atoms. The zero-order valence-corrected chi connectivity index (χ0v) is 10.9. The fourth-order valence-electron chi connectivity index (χ4n) is 2.09. The van der Waals surface area contributed by atoms with Gasteiger partial charge < -0.3 is 10.5 Å². The molecule has 0 spiro atoms. The maximum absolute atomic E-state index is 6.29. The molecule has 0 amide bonds. The number of rotatable bonds is 3. The molecule has 2 N–H and O–H groups in total. The Labute approximate surface area is 105 Å². The Kier molecular flexibility index (Phi) is 3.82. The topological polar surface area (TPSA) is 48.1 Å². The Morgan fingerprint density at radius 1 is 1.38 bits per heavy atom. The van der Waals surface area contributed by atoms with E-state index >= 15 is 0 Å². The van der Waals surface area contributed by atoms with Crippen molar-refractivity contribution in [3.63, 3.8) is 0 Å². The molecule has 1 saturated carbocycles. The van der Waals surface area contributed by atoms with Crippen LogP contribution in [0.4, 0.5) is 0 Å². The van der Waals surface area contributed by atoms with Crippen LogP contribution in [0.2, 0.25) is 0 Å². The third kappa shape index (κ3) is 2.95. The van der Waals surface area contributed by atoms with E-state index in [0.717, 1.165) is 17.3 Å². The summed E-state index contributed by atoms with van der Waals surface area (Å²) >= 11 is 3.41. The third-order valence-electron chi connectivity index (χ3n) is 3.07. The Hall–Kier alpha value is -0.610. The maximum atomic E-state index is 6.29. The molecule has 0 saturated heterocycles. The van der Waals surface area contributed by atoms with Gasteiger partial charge in [-0.15, -0.1) is 0 Å². The van der Waals surface area contributed by atoms with Gasteiger partial charge in [-0.05, 0) is 40.9 Å². The Balaban J connectivity index is 1.94. The van der Waals surface area contributed by atoms with Gasteiger partial charge >= 0.3 is 0 Å². The van der Waals surface area contributed by atoms with Crippen molar-refractivity contribution < 1.29 is 4.74 Å². The molecule has 1 heterocycles. The predicted octanol–water partition coefficient (Wildman–Crippen LogP) is 2.88. The molecule has 0 aliphatic heterocycles. The molecule has 0 unspecified atom stereocenters. The van der Waals surface area contributed by atoms with E-state index in [-0.39, 0.29) is 5.54 Å². The molecule has 0 aromatic carbocycles. The van der Waals surface area contributed by atoms with E-state index in [9.17, 15) is 0 Å². The van der Waals surface area contributed by atoms with Crippen LogP contribution in [0, 0.1) is 0 Å². The molecular weight excluding hydrogens is 268 g/mol. The monoisotopic (exact) mass is 284 g/mol. The summed E-state index contributed by atoms with van der Waals surface area (Å²) in [7, 11) is 0. The lowest BCUT2D eigenvalue weighted by Crippen LogP contribution is -2.47. The molecule has 1 aliphatic carbocycles. The van der Waals surface area contributed by atoms with Gasteiger partial charge in [0.2, 0.25) is 5.88 Å². The minimum atomic E-state index is -0.158. The van der Waals surface area contributed by atoms with Crippen LogP contribution in [0.5, 0.6) is 5.88 Å². The number of ether oxygens (including phenoxy) is 1. The van der Waals surface area contributed by atoms with Crippen molar-refractivity contribution in [1.29, 1.82) is 0 Å². The highest BCUT2D eigenvalue weighted by Gasteiger charge is 2.28. The van der Waals surface area contributed by atoms with Crippen molar-refractivity contribution in [3.05, 3.63) is 22.8 Å². The molecule has 4 heteroatoms. The van der Waals surface area contributed by atoms with Crippen molar-refractivity contribution in [1.82, 2.24) is 4.98 Å². The summed E-state index contributed by atoms with van der Waals surface area (Å²) in [5.74, 6) is 0.637. The summed E-state index contributed by atoms with van der Waals surface area (Å²) in [6.45, 7) is 0.558. The number of pyridine rings is 1. The SMILES string of the molecule is NC1(COc2ncccc2Br)CCCCC1. The molecule has 1 aliphatic rings. The van der Waals surface area contributed by atoms with E-state index in [2.05, 4.69) is 20.9 Å². The number of nitrogens with zero attached hydrogens (tertiary/aromatic N) is 1. The van der Waals surface area contributed by atoms with Crippen LogP contribution in [-0.4, -0.2) is 17.1 Å². The first-order chi connectivity index (χ1) is 7.70. The summed E-state index contributed by atoms with van der Waals surface area (Å²) in [4.78, 5) is 4.17. The van der Waals surface area contributed by atoms with Gasteiger partial charge in [-0.3, -0.25) is 0 Å². The zero-order chi connectivity index (χ0) is 11.4. The summed E-state index contributed by atoms with van der Waals surface area (Å²) in [6.07, 6.45) is 7.55. The minimum Gasteiger partial charge on any atom is -0.475 e. The third-order valence-corrected chi connectivity index (χ3v) is 3.67. The average Bonchev–Trinajstić information content (AvgIpc) is 2.29. The molecule has 88 valence electrons. The zero-order valence-electron chi connectivity index (χ0n) is 9.29. The normalized spacial score (nSPS) is 19.4. The van der Waals surface area contributed by atoms with Gasteiger partial charge in [-0.2, -0.15) is 0 Å². The lowest BCUT2D eigenvalue weighted by atomic mass is 9.83. The van der Waals surface area contributed by atoms with E-state index in [0.29, 0.717) is 12.5 Å². The van der Waals surface area contributed by atoms with Gasteiger partial charge in [-0.25, -0.2) is 4.98 Å². The molecule has 3 nitrogen and oxygen atoms in total. The lowest BCUT2D eigenvalue weighted by molar-refractivity contribution is 0.168. The second kappa shape index (κ2) is 5.15. The van der Waals surface area contributed by atoms with Crippen molar-refractivity contribution in [2.45, 2.75) is 37.6 Å². The van der Waals surface area contributed by atoms with Crippen LogP contribution in [0.25, 0.3) is 0 Å². The number of nitrogens with two attached hydrogens (primary N) is 1. The second-order valence-electron chi connectivity index (χ2n) is 4.50. The number of aromatic nitrogens is 1. The highest BCUT2D eigenvalue weighted by molar-refractivity contribution is 9.10. The number of halogens is 1. The molecule has 2 rings (SSSR count). The smallest absolute Gasteiger partial charge is 0.227 e. The van der Waals surface area contributed by atoms with Gasteiger partial charge in [0.1, 0.15) is 6.61 Å². The molecule has 0 radical (unpaired) electrons. The van der Waals surface area contributed by atoms with Gasteiger partial charge in [0.05, 0.1) is 10.0 Å². The summed E-state index contributed by atoms with van der Waals surface area (Å²) in [5.41, 5.74) is 6.13. The van der Waals surface area contributed by atoms with E-state index in [4.69, 9.17) is 10.5 Å². The fourth-order valence-corrected chi connectivity index (χ4v) is 2.46. The maximum Gasteiger partial charge on any atom is 0.227 e. The first-order valence-corrected chi connectivity index (χ1v) is 6.51. The quantitative estimate of drug-likeness (QED) is 0.929. The molecular formula is C12H17BrN2O. The minimum absolute atomic E-state index is 0.158. The Morgan fingerprint density at radius 3 is 2.81 bits per heavy atom. The van der Waals surface area contributed by atoms with Gasteiger partial charge in [0.25, 0.3) is 0 Å². The molecule has 1 aromatic rings. The van der Waals surface area contributed by atoms with E-state index in [1.165, 1.54) is 19.3 Å². The summed E-state index contributed by atoms with van der Waals surface area (Å²) in [5, 5.41) is 0. The Bertz CT molecular complexity index is 351. The predicted molar refractivity (Wildman–Crippen MR) is 67.4 cm³/mol. The van der Waals surface area contributed by atoms with Crippen molar-refractivity contribution in [2.75, 3.05) is 6.61 Å². The van der Waals surface area contributed by atoms with Crippen molar-refractivity contribution >= 4 is 15.9 Å². The van der Waals surface area contributed by atoms with Crippen LogP contribution in [0.15, 0.2) is 22.8 Å². The molecule has 1 aromatic heterocycles. The van der Waals surface area contributed by atoms with Crippen LogP contribution in [0.3, 0.4) is 0 Å². The number of hydrogen-bond donors (Lipinski definition) is 1. The Morgan fingerprint density at radius 2 is 2.12 bits per heavy atom. The lowest BCUT2D eigenvalue weighted by Gasteiger charge is -2.32. The second-order valence-corrected chi connectivity index (χ2v) is 5.36. The molecule has 0 bridgehead atoms. The van der Waals surface area contributed by atoms with Crippen molar-refractivity contribution in [3.8, 4) is 5.88 Å². The van der Waals surface area contributed by atoms with Gasteiger partial charge in [-0.1, -0.05) is 19.3 Å². The largest absolute Gasteiger partial charge is 0.475 e. The van der Waals surface area contributed by atoms with Gasteiger partial charge in [0, 0.05) is 6.20 Å². The first-order valence-electron chi connectivity index (χ1n) is 5.72. The van der Waals surface area contributed by atoms with E-state index in [1.807, 2.05) is 12.1 Å². The standard InChI is InChI=1S/C12H17BrN2O/c13-10-5-4-8-15-11(10)16-9-12(14)6-2-1-3-7-12/h4-5,8H,1-3,6-7,9,14H2. The van der Waals surface area contributed by atoms with Gasteiger partial charge in [0.15, 0.2) is 0 Å². The highest BCUT2D eigenvalue weighted by atomic mass is 79.9. The molecule has 1 fully saturated rings. The summed E-state index contributed by atoms with van der Waals surface area (Å²) in [6, 6.07) is 3.79. The molecule has 0 atom stereocenters. The summed E-state index contributed by atoms with van der Waals surface area (Å²) < 4.78 is 6.58. The van der Waals surface area contributed by atoms with Crippen LogP contribution in [-0.2, 0) is 0 Å². The highest BCUT2D eigenvalue weighted by Crippen LogP contribution is 2.28. The average molecular weight is 285 g/mol. The fraction of sp³-hybridized carbons (Fsp3) is 0.583. The van der Waals surface area contributed by atoms with E-state index < -0.39 is 0 Å². The van der Waals surface area contributed by atoms with Crippen LogP contribution >= 0.6 is 15.9 Å². The van der Waals surface area contributed by atoms with E-state index in [1.54, 1.807) is 6.20 Å². The number of hydrogen-bond acceptors (Lipinski definition) is 3. The van der Waals surface area contributed by atoms with Crippen LogP contribution < -0.4 is 10.5 Å². The first kappa shape index (κ1) is 11.9. The van der Waals surface area contributed by atoms with Crippen LogP contribution in [0.1, 0.15) is 32.1 Å².